The van der Waals surface area contributed by atoms with Crippen molar-refractivity contribution in [1.82, 2.24) is 0 Å². The second kappa shape index (κ2) is 11.2. The lowest BCUT2D eigenvalue weighted by Gasteiger charge is -2.28. The van der Waals surface area contributed by atoms with Crippen LogP contribution in [0.4, 0.5) is 0 Å². The van der Waals surface area contributed by atoms with E-state index in [1.165, 1.54) is 55.2 Å². The molecule has 0 radical (unpaired) electrons. The van der Waals surface area contributed by atoms with Crippen molar-refractivity contribution in [2.45, 2.75) is 84.0 Å². The molecule has 156 valence electrons. The minimum Gasteiger partial charge on any atom is -0.427 e. The van der Waals surface area contributed by atoms with Gasteiger partial charge in [-0.15, -0.1) is 0 Å². The summed E-state index contributed by atoms with van der Waals surface area (Å²) in [5, 5.41) is 0. The van der Waals surface area contributed by atoms with Gasteiger partial charge in [0, 0.05) is 6.42 Å². The van der Waals surface area contributed by atoms with Crippen LogP contribution >= 0.6 is 0 Å². The van der Waals surface area contributed by atoms with E-state index >= 15 is 0 Å². The van der Waals surface area contributed by atoms with E-state index in [4.69, 9.17) is 4.74 Å². The van der Waals surface area contributed by atoms with Crippen molar-refractivity contribution in [2.24, 2.45) is 5.92 Å². The minimum atomic E-state index is -0.161. The van der Waals surface area contributed by atoms with Crippen molar-refractivity contribution in [1.29, 1.82) is 0 Å². The highest BCUT2D eigenvalue weighted by Crippen LogP contribution is 2.37. The van der Waals surface area contributed by atoms with E-state index in [1.807, 2.05) is 24.3 Å². The molecular weight excluding hydrogens is 356 g/mol. The zero-order valence-corrected chi connectivity index (χ0v) is 18.2. The lowest BCUT2D eigenvalue weighted by atomic mass is 9.77. The van der Waals surface area contributed by atoms with Gasteiger partial charge in [-0.25, -0.2) is 0 Å². The predicted molar refractivity (Wildman–Crippen MR) is 120 cm³/mol. The molecule has 2 heteroatoms. The van der Waals surface area contributed by atoms with Crippen LogP contribution in [0.5, 0.6) is 5.75 Å². The van der Waals surface area contributed by atoms with Crippen LogP contribution in [0.3, 0.4) is 0 Å². The van der Waals surface area contributed by atoms with Crippen molar-refractivity contribution in [2.75, 3.05) is 0 Å². The largest absolute Gasteiger partial charge is 0.427 e. The molecule has 1 saturated carbocycles. The fraction of sp³-hybridized carbons (Fsp3) is 0.519. The normalized spacial score (nSPS) is 19.1. The molecule has 0 aliphatic heterocycles. The van der Waals surface area contributed by atoms with E-state index in [2.05, 4.69) is 38.1 Å². The first kappa shape index (κ1) is 21.6. The van der Waals surface area contributed by atoms with Crippen molar-refractivity contribution in [3.8, 4) is 5.75 Å². The number of hydrogen-bond donors (Lipinski definition) is 0. The van der Waals surface area contributed by atoms with Gasteiger partial charge in [-0.3, -0.25) is 4.79 Å². The maximum atomic E-state index is 12.2. The number of aryl methyl sites for hydroxylation is 2. The summed E-state index contributed by atoms with van der Waals surface area (Å²) in [5.41, 5.74) is 3.97. The Kier molecular flexibility index (Phi) is 8.34. The Morgan fingerprint density at radius 1 is 0.828 bits per heavy atom. The van der Waals surface area contributed by atoms with Gasteiger partial charge in [-0.05, 0) is 79.2 Å². The smallest absolute Gasteiger partial charge is 0.311 e. The number of ether oxygens (including phenoxy) is 1. The Hall–Kier alpha value is -2.09. The molecule has 1 aliphatic carbocycles. The second-order valence-electron chi connectivity index (χ2n) is 8.62. The highest BCUT2D eigenvalue weighted by molar-refractivity contribution is 5.72. The molecule has 0 heterocycles. The molecule has 2 nitrogen and oxygen atoms in total. The summed E-state index contributed by atoms with van der Waals surface area (Å²) in [4.78, 5) is 12.2. The molecule has 2 aromatic rings. The highest BCUT2D eigenvalue weighted by atomic mass is 16.5. The van der Waals surface area contributed by atoms with E-state index in [9.17, 15) is 4.79 Å². The monoisotopic (exact) mass is 392 g/mol. The van der Waals surface area contributed by atoms with Gasteiger partial charge in [0.15, 0.2) is 0 Å². The number of benzene rings is 2. The molecular formula is C27H36O2. The molecule has 2 aromatic carbocycles. The van der Waals surface area contributed by atoms with Crippen molar-refractivity contribution < 1.29 is 9.53 Å². The molecule has 0 saturated heterocycles. The number of hydrogen-bond acceptors (Lipinski definition) is 2. The first-order valence-electron chi connectivity index (χ1n) is 11.6. The zero-order chi connectivity index (χ0) is 20.5. The first-order valence-corrected chi connectivity index (χ1v) is 11.6. The molecule has 3 rings (SSSR count). The van der Waals surface area contributed by atoms with Crippen LogP contribution in [0, 0.1) is 5.92 Å². The topological polar surface area (TPSA) is 26.3 Å². The number of rotatable bonds is 9. The summed E-state index contributed by atoms with van der Waals surface area (Å²) < 4.78 is 5.48. The first-order chi connectivity index (χ1) is 14.2. The van der Waals surface area contributed by atoms with Gasteiger partial charge in [0.25, 0.3) is 0 Å². The maximum absolute atomic E-state index is 12.2. The van der Waals surface area contributed by atoms with E-state index in [1.54, 1.807) is 0 Å². The molecule has 0 N–H and O–H groups in total. The van der Waals surface area contributed by atoms with Crippen LogP contribution in [0.15, 0.2) is 48.5 Å². The minimum absolute atomic E-state index is 0.161. The van der Waals surface area contributed by atoms with E-state index < -0.39 is 0 Å². The van der Waals surface area contributed by atoms with Gasteiger partial charge < -0.3 is 4.74 Å². The fourth-order valence-corrected chi connectivity index (χ4v) is 4.59. The third-order valence-corrected chi connectivity index (χ3v) is 6.31. The molecule has 1 fully saturated rings. The number of carbonyl (C=O) groups excluding carboxylic acids is 1. The van der Waals surface area contributed by atoms with Crippen LogP contribution < -0.4 is 4.74 Å². The van der Waals surface area contributed by atoms with Gasteiger partial charge in [0.05, 0.1) is 0 Å². The Bertz CT molecular complexity index is 737. The van der Waals surface area contributed by atoms with Gasteiger partial charge in [-0.1, -0.05) is 69.5 Å². The van der Waals surface area contributed by atoms with Crippen LogP contribution in [-0.2, 0) is 17.6 Å². The fourth-order valence-electron chi connectivity index (χ4n) is 4.59. The van der Waals surface area contributed by atoms with Gasteiger partial charge in [-0.2, -0.15) is 0 Å². The Morgan fingerprint density at radius 2 is 1.45 bits per heavy atom. The SMILES string of the molecule is CCCc1ccc(OC(=O)CCc2ccc([C@H]3CC[C@H](CCC)CC3)cc2)cc1. The quantitative estimate of drug-likeness (QED) is 0.332. The molecule has 0 aromatic heterocycles. The van der Waals surface area contributed by atoms with E-state index in [0.29, 0.717) is 12.2 Å². The van der Waals surface area contributed by atoms with Crippen LogP contribution in [0.1, 0.15) is 87.8 Å². The predicted octanol–water partition coefficient (Wildman–Crippen LogP) is 7.25. The summed E-state index contributed by atoms with van der Waals surface area (Å²) >= 11 is 0. The summed E-state index contributed by atoms with van der Waals surface area (Å²) in [6.07, 6.45) is 11.5. The molecule has 0 unspecified atom stereocenters. The summed E-state index contributed by atoms with van der Waals surface area (Å²) in [6.45, 7) is 4.46. The summed E-state index contributed by atoms with van der Waals surface area (Å²) in [5.74, 6) is 2.15. The van der Waals surface area contributed by atoms with Gasteiger partial charge >= 0.3 is 5.97 Å². The molecule has 1 aliphatic rings. The number of esters is 1. The Labute approximate surface area is 176 Å². The van der Waals surface area contributed by atoms with Crippen molar-refractivity contribution >= 4 is 5.97 Å². The van der Waals surface area contributed by atoms with E-state index in [0.717, 1.165) is 31.1 Å². The molecule has 0 spiro atoms. The third-order valence-electron chi connectivity index (χ3n) is 6.31. The Morgan fingerprint density at radius 3 is 2.07 bits per heavy atom. The zero-order valence-electron chi connectivity index (χ0n) is 18.2. The number of carbonyl (C=O) groups is 1. The van der Waals surface area contributed by atoms with Crippen molar-refractivity contribution in [3.05, 3.63) is 65.2 Å². The van der Waals surface area contributed by atoms with E-state index in [-0.39, 0.29) is 5.97 Å². The Balaban J connectivity index is 1.43. The summed E-state index contributed by atoms with van der Waals surface area (Å²) in [7, 11) is 0. The molecule has 29 heavy (non-hydrogen) atoms. The average Bonchev–Trinajstić information content (AvgIpc) is 2.75. The summed E-state index contributed by atoms with van der Waals surface area (Å²) in [6, 6.07) is 16.8. The highest BCUT2D eigenvalue weighted by Gasteiger charge is 2.21. The van der Waals surface area contributed by atoms with Gasteiger partial charge in [0.2, 0.25) is 0 Å². The third kappa shape index (κ3) is 6.73. The maximum Gasteiger partial charge on any atom is 0.311 e. The van der Waals surface area contributed by atoms with Crippen molar-refractivity contribution in [3.63, 3.8) is 0 Å². The average molecular weight is 393 g/mol. The standard InChI is InChI=1S/C27H36O2/c1-3-5-21-7-14-24(15-8-21)25-16-9-23(10-17-25)13-20-27(28)29-26-18-11-22(6-4-2)12-19-26/h9-12,16-19,21,24H,3-8,13-15,20H2,1-2H3/t21-,24-. The lowest BCUT2D eigenvalue weighted by molar-refractivity contribution is -0.134. The van der Waals surface area contributed by atoms with Crippen LogP contribution in [-0.4, -0.2) is 5.97 Å². The van der Waals surface area contributed by atoms with Gasteiger partial charge in [0.1, 0.15) is 5.75 Å². The molecule has 0 bridgehead atoms. The molecule has 0 amide bonds. The molecule has 0 atom stereocenters. The lowest BCUT2D eigenvalue weighted by Crippen LogP contribution is -2.13. The van der Waals surface area contributed by atoms with Crippen LogP contribution in [0.2, 0.25) is 0 Å². The van der Waals surface area contributed by atoms with Crippen LogP contribution in [0.25, 0.3) is 0 Å². The second-order valence-corrected chi connectivity index (χ2v) is 8.62.